The lowest BCUT2D eigenvalue weighted by atomic mass is 9.89. The van der Waals surface area contributed by atoms with Crippen LogP contribution in [0.15, 0.2) is 78.9 Å². The van der Waals surface area contributed by atoms with E-state index in [9.17, 15) is 9.59 Å². The van der Waals surface area contributed by atoms with Gasteiger partial charge in [-0.3, -0.25) is 9.59 Å². The predicted octanol–water partition coefficient (Wildman–Crippen LogP) is 4.68. The topological polar surface area (TPSA) is 53.1 Å². The lowest BCUT2D eigenvalue weighted by molar-refractivity contribution is 0.0704. The molecule has 2 aliphatic heterocycles. The number of carbonyl (C=O) groups is 2. The minimum Gasteiger partial charge on any atom is -0.497 e. The van der Waals surface area contributed by atoms with E-state index in [1.54, 1.807) is 7.11 Å². The Hall–Kier alpha value is -3.80. The highest BCUT2D eigenvalue weighted by atomic mass is 16.5. The summed E-state index contributed by atoms with van der Waals surface area (Å²) in [6.45, 7) is 4.46. The average Bonchev–Trinajstić information content (AvgIpc) is 2.97. The summed E-state index contributed by atoms with van der Waals surface area (Å²) in [7, 11) is 1.67. The Kier molecular flexibility index (Phi) is 7.21. The molecule has 0 N–H and O–H groups in total. The fourth-order valence-electron chi connectivity index (χ4n) is 5.27. The number of methoxy groups -OCH3 is 1. The van der Waals surface area contributed by atoms with Crippen LogP contribution in [0.2, 0.25) is 0 Å². The number of hydrogen-bond donors (Lipinski definition) is 0. The van der Waals surface area contributed by atoms with E-state index in [4.69, 9.17) is 4.74 Å². The molecule has 0 spiro atoms. The second-order valence-corrected chi connectivity index (χ2v) is 9.56. The van der Waals surface area contributed by atoms with Crippen molar-refractivity contribution in [3.05, 3.63) is 95.6 Å². The summed E-state index contributed by atoms with van der Waals surface area (Å²) in [5.74, 6) is 1.26. The van der Waals surface area contributed by atoms with Gasteiger partial charge in [-0.25, -0.2) is 0 Å². The highest BCUT2D eigenvalue weighted by Gasteiger charge is 2.27. The maximum Gasteiger partial charge on any atom is 0.253 e. The first kappa shape index (κ1) is 23.9. The van der Waals surface area contributed by atoms with E-state index in [1.807, 2.05) is 70.5 Å². The Balaban J connectivity index is 1.22. The molecular weight excluding hydrogens is 450 g/mol. The van der Waals surface area contributed by atoms with Crippen LogP contribution in [0.4, 0.5) is 5.69 Å². The first-order valence-electron chi connectivity index (χ1n) is 12.7. The van der Waals surface area contributed by atoms with Crippen LogP contribution in [0.5, 0.6) is 5.75 Å². The van der Waals surface area contributed by atoms with Crippen molar-refractivity contribution in [1.29, 1.82) is 0 Å². The number of piperidine rings is 1. The summed E-state index contributed by atoms with van der Waals surface area (Å²) in [6.07, 6.45) is 1.99. The standard InChI is InChI=1S/C30H33N3O3/c1-36-28-14-12-27(13-15-28)31-17-19-32(20-18-31)30(35)25-10-5-9-24(21-25)26-11-6-16-33(22-26)29(34)23-7-3-2-4-8-23/h2-5,7-10,12-15,21,26H,6,11,16-20,22H2,1H3/t26-/m1/s1. The molecule has 0 aromatic heterocycles. The van der Waals surface area contributed by atoms with Crippen molar-refractivity contribution < 1.29 is 14.3 Å². The first-order valence-corrected chi connectivity index (χ1v) is 12.7. The molecule has 2 amide bonds. The molecule has 3 aromatic rings. The molecule has 1 atom stereocenters. The summed E-state index contributed by atoms with van der Waals surface area (Å²) in [5, 5.41) is 0. The molecule has 0 unspecified atom stereocenters. The molecule has 186 valence electrons. The van der Waals surface area contributed by atoms with E-state index in [0.29, 0.717) is 19.6 Å². The fourth-order valence-corrected chi connectivity index (χ4v) is 5.27. The zero-order valence-electron chi connectivity index (χ0n) is 20.8. The van der Waals surface area contributed by atoms with E-state index in [1.165, 1.54) is 0 Å². The molecule has 6 heteroatoms. The zero-order chi connectivity index (χ0) is 24.9. The van der Waals surface area contributed by atoms with Gasteiger partial charge in [-0.15, -0.1) is 0 Å². The van der Waals surface area contributed by atoms with E-state index in [0.717, 1.165) is 60.6 Å². The zero-order valence-corrected chi connectivity index (χ0v) is 20.8. The van der Waals surface area contributed by atoms with Crippen LogP contribution in [-0.4, -0.2) is 68.0 Å². The number of hydrogen-bond acceptors (Lipinski definition) is 4. The molecule has 0 bridgehead atoms. The van der Waals surface area contributed by atoms with Crippen molar-refractivity contribution in [3.8, 4) is 5.75 Å². The summed E-state index contributed by atoms with van der Waals surface area (Å²) >= 11 is 0. The van der Waals surface area contributed by atoms with E-state index < -0.39 is 0 Å². The van der Waals surface area contributed by atoms with Crippen molar-refractivity contribution >= 4 is 17.5 Å². The lowest BCUT2D eigenvalue weighted by Crippen LogP contribution is -2.48. The number of anilines is 1. The van der Waals surface area contributed by atoms with Crippen LogP contribution in [0.1, 0.15) is 45.0 Å². The minimum absolute atomic E-state index is 0.0826. The Labute approximate surface area is 213 Å². The van der Waals surface area contributed by atoms with Gasteiger partial charge in [-0.05, 0) is 66.9 Å². The monoisotopic (exact) mass is 483 g/mol. The second kappa shape index (κ2) is 10.9. The van der Waals surface area contributed by atoms with Crippen LogP contribution >= 0.6 is 0 Å². The quantitative estimate of drug-likeness (QED) is 0.529. The summed E-state index contributed by atoms with van der Waals surface area (Å²) < 4.78 is 5.25. The largest absolute Gasteiger partial charge is 0.497 e. The third-order valence-electron chi connectivity index (χ3n) is 7.34. The van der Waals surface area contributed by atoms with Gasteiger partial charge in [-0.1, -0.05) is 30.3 Å². The van der Waals surface area contributed by atoms with Gasteiger partial charge >= 0.3 is 0 Å². The molecule has 0 radical (unpaired) electrons. The van der Waals surface area contributed by atoms with Crippen molar-refractivity contribution in [1.82, 2.24) is 9.80 Å². The lowest BCUT2D eigenvalue weighted by Gasteiger charge is -2.36. The van der Waals surface area contributed by atoms with Crippen LogP contribution in [0.3, 0.4) is 0 Å². The molecule has 6 nitrogen and oxygen atoms in total. The SMILES string of the molecule is COc1ccc(N2CCN(C(=O)c3cccc([C@@H]4CCCN(C(=O)c5ccccc5)C4)c3)CC2)cc1. The average molecular weight is 484 g/mol. The Bertz CT molecular complexity index is 1190. The van der Waals surface area contributed by atoms with Crippen LogP contribution in [0.25, 0.3) is 0 Å². The molecule has 2 heterocycles. The molecular formula is C30H33N3O3. The van der Waals surface area contributed by atoms with Gasteiger partial charge in [0.1, 0.15) is 5.75 Å². The number of ether oxygens (including phenoxy) is 1. The number of piperazine rings is 1. The van der Waals surface area contributed by atoms with Crippen LogP contribution in [0, 0.1) is 0 Å². The van der Waals surface area contributed by atoms with E-state index in [2.05, 4.69) is 23.1 Å². The first-order chi connectivity index (χ1) is 17.6. The van der Waals surface area contributed by atoms with E-state index >= 15 is 0 Å². The Morgan fingerprint density at radius 3 is 2.17 bits per heavy atom. The van der Waals surface area contributed by atoms with Crippen molar-refractivity contribution in [2.45, 2.75) is 18.8 Å². The maximum atomic E-state index is 13.3. The number of benzene rings is 3. The summed E-state index contributed by atoms with van der Waals surface area (Å²) in [6, 6.07) is 25.6. The molecule has 2 fully saturated rings. The Morgan fingerprint density at radius 1 is 0.750 bits per heavy atom. The fraction of sp³-hybridized carbons (Fsp3) is 0.333. The Morgan fingerprint density at radius 2 is 1.44 bits per heavy atom. The number of rotatable bonds is 5. The van der Waals surface area contributed by atoms with Gasteiger partial charge in [0, 0.05) is 62.0 Å². The molecule has 2 aliphatic rings. The van der Waals surface area contributed by atoms with Crippen molar-refractivity contribution in [2.75, 3.05) is 51.3 Å². The normalized spacial score (nSPS) is 18.1. The minimum atomic E-state index is 0.0826. The predicted molar refractivity (Wildman–Crippen MR) is 142 cm³/mol. The number of nitrogens with zero attached hydrogens (tertiary/aromatic N) is 3. The second-order valence-electron chi connectivity index (χ2n) is 9.56. The smallest absolute Gasteiger partial charge is 0.253 e. The highest BCUT2D eigenvalue weighted by Crippen LogP contribution is 2.29. The van der Waals surface area contributed by atoms with Gasteiger partial charge < -0.3 is 19.4 Å². The molecule has 2 saturated heterocycles. The van der Waals surface area contributed by atoms with Crippen molar-refractivity contribution in [2.24, 2.45) is 0 Å². The molecule has 0 aliphatic carbocycles. The van der Waals surface area contributed by atoms with Crippen LogP contribution in [-0.2, 0) is 0 Å². The van der Waals surface area contributed by atoms with Crippen molar-refractivity contribution in [3.63, 3.8) is 0 Å². The van der Waals surface area contributed by atoms with E-state index in [-0.39, 0.29) is 17.7 Å². The highest BCUT2D eigenvalue weighted by molar-refractivity contribution is 5.95. The summed E-state index contributed by atoms with van der Waals surface area (Å²) in [4.78, 5) is 32.5. The van der Waals surface area contributed by atoms with Crippen LogP contribution < -0.4 is 9.64 Å². The number of carbonyl (C=O) groups excluding carboxylic acids is 2. The number of amides is 2. The van der Waals surface area contributed by atoms with Gasteiger partial charge in [0.25, 0.3) is 11.8 Å². The molecule has 36 heavy (non-hydrogen) atoms. The molecule has 5 rings (SSSR count). The molecule has 3 aromatic carbocycles. The van der Waals surface area contributed by atoms with Gasteiger partial charge in [0.05, 0.1) is 7.11 Å². The third kappa shape index (κ3) is 5.23. The molecule has 0 saturated carbocycles. The third-order valence-corrected chi connectivity index (χ3v) is 7.34. The van der Waals surface area contributed by atoms with Gasteiger partial charge in [-0.2, -0.15) is 0 Å². The summed E-state index contributed by atoms with van der Waals surface area (Å²) in [5.41, 5.74) is 3.76. The van der Waals surface area contributed by atoms with Gasteiger partial charge in [0.2, 0.25) is 0 Å². The number of likely N-dealkylation sites (tertiary alicyclic amines) is 1. The van der Waals surface area contributed by atoms with Gasteiger partial charge in [0.15, 0.2) is 0 Å². The maximum absolute atomic E-state index is 13.3.